The van der Waals surface area contributed by atoms with E-state index >= 15 is 0 Å². The number of thiophene rings is 1. The molecule has 0 radical (unpaired) electrons. The highest BCUT2D eigenvalue weighted by Gasteiger charge is 2.43. The molecule has 0 bridgehead atoms. The van der Waals surface area contributed by atoms with E-state index in [9.17, 15) is 4.79 Å². The predicted molar refractivity (Wildman–Crippen MR) is 86.4 cm³/mol. The van der Waals surface area contributed by atoms with Crippen molar-refractivity contribution in [3.63, 3.8) is 0 Å². The molecule has 1 aromatic heterocycles. The molecule has 1 aromatic rings. The summed E-state index contributed by atoms with van der Waals surface area (Å²) in [7, 11) is 1.70. The molecule has 0 aromatic carbocycles. The third-order valence-corrected chi connectivity index (χ3v) is 5.15. The Labute approximate surface area is 131 Å². The molecule has 0 saturated carbocycles. The van der Waals surface area contributed by atoms with Gasteiger partial charge in [0.15, 0.2) is 0 Å². The predicted octanol–water partition coefficient (Wildman–Crippen LogP) is 2.94. The van der Waals surface area contributed by atoms with Gasteiger partial charge in [-0.05, 0) is 31.4 Å². The molecule has 1 amide bonds. The third-order valence-electron chi connectivity index (χ3n) is 4.09. The number of hydrogen-bond donors (Lipinski definition) is 1. The monoisotopic (exact) mass is 310 g/mol. The van der Waals surface area contributed by atoms with Gasteiger partial charge in [-0.3, -0.25) is 10.1 Å². The summed E-state index contributed by atoms with van der Waals surface area (Å²) in [5, 5.41) is 3.50. The number of amides is 1. The number of methoxy groups -OCH3 is 1. The second-order valence-electron chi connectivity index (χ2n) is 5.99. The minimum Gasteiger partial charge on any atom is -0.383 e. The molecular formula is C16H26N2O2S. The first-order valence-electron chi connectivity index (χ1n) is 7.63. The van der Waals surface area contributed by atoms with Crippen molar-refractivity contribution in [2.24, 2.45) is 5.92 Å². The highest BCUT2D eigenvalue weighted by molar-refractivity contribution is 7.12. The van der Waals surface area contributed by atoms with Crippen molar-refractivity contribution >= 4 is 17.2 Å². The Morgan fingerprint density at radius 1 is 1.43 bits per heavy atom. The van der Waals surface area contributed by atoms with Crippen LogP contribution in [-0.2, 0) is 9.53 Å². The Hall–Kier alpha value is -0.910. The Morgan fingerprint density at radius 3 is 2.62 bits per heavy atom. The van der Waals surface area contributed by atoms with Gasteiger partial charge in [0.25, 0.3) is 0 Å². The summed E-state index contributed by atoms with van der Waals surface area (Å²) in [5.74, 6) is 0.555. The maximum Gasteiger partial charge on any atom is 0.241 e. The summed E-state index contributed by atoms with van der Waals surface area (Å²) in [6.07, 6.45) is 0.789. The second-order valence-corrected chi connectivity index (χ2v) is 7.31. The van der Waals surface area contributed by atoms with Crippen LogP contribution in [0, 0.1) is 12.8 Å². The van der Waals surface area contributed by atoms with Crippen molar-refractivity contribution in [2.75, 3.05) is 13.7 Å². The summed E-state index contributed by atoms with van der Waals surface area (Å²) in [6, 6.07) is 4.25. The average molecular weight is 310 g/mol. The topological polar surface area (TPSA) is 41.6 Å². The van der Waals surface area contributed by atoms with Crippen LogP contribution >= 0.6 is 11.3 Å². The zero-order chi connectivity index (χ0) is 15.6. The second kappa shape index (κ2) is 6.90. The Morgan fingerprint density at radius 2 is 2.14 bits per heavy atom. The number of aryl methyl sites for hydroxylation is 1. The average Bonchev–Trinajstić information content (AvgIpc) is 3.00. The molecule has 4 nitrogen and oxygen atoms in total. The minimum absolute atomic E-state index is 0.0244. The summed E-state index contributed by atoms with van der Waals surface area (Å²) in [6.45, 7) is 9.01. The van der Waals surface area contributed by atoms with E-state index in [-0.39, 0.29) is 24.2 Å². The first-order valence-corrected chi connectivity index (χ1v) is 8.44. The van der Waals surface area contributed by atoms with E-state index in [1.807, 2.05) is 4.90 Å². The van der Waals surface area contributed by atoms with Crippen LogP contribution in [0.25, 0.3) is 0 Å². The molecule has 3 atom stereocenters. The van der Waals surface area contributed by atoms with Gasteiger partial charge in [0, 0.05) is 16.9 Å². The molecule has 1 aliphatic heterocycles. The smallest absolute Gasteiger partial charge is 0.241 e. The first kappa shape index (κ1) is 16.5. The number of ether oxygens (including phenoxy) is 1. The zero-order valence-electron chi connectivity index (χ0n) is 13.6. The van der Waals surface area contributed by atoms with Crippen molar-refractivity contribution in [3.8, 4) is 0 Å². The largest absolute Gasteiger partial charge is 0.383 e. The molecule has 0 aliphatic carbocycles. The maximum absolute atomic E-state index is 12.8. The van der Waals surface area contributed by atoms with Gasteiger partial charge < -0.3 is 9.64 Å². The van der Waals surface area contributed by atoms with Crippen LogP contribution in [-0.4, -0.2) is 36.6 Å². The fraction of sp³-hybridized carbons (Fsp3) is 0.688. The molecule has 118 valence electrons. The van der Waals surface area contributed by atoms with Gasteiger partial charge in [-0.2, -0.15) is 0 Å². The number of rotatable bonds is 6. The zero-order valence-corrected chi connectivity index (χ0v) is 14.4. The van der Waals surface area contributed by atoms with Crippen LogP contribution in [0.15, 0.2) is 12.1 Å². The minimum atomic E-state index is -0.0875. The molecule has 1 saturated heterocycles. The molecule has 2 heterocycles. The van der Waals surface area contributed by atoms with Gasteiger partial charge >= 0.3 is 0 Å². The number of nitrogens with zero attached hydrogens (tertiary/aromatic N) is 1. The van der Waals surface area contributed by atoms with Crippen molar-refractivity contribution in [1.82, 2.24) is 10.2 Å². The number of carbonyl (C=O) groups is 1. The number of carbonyl (C=O) groups excluding carboxylic acids is 1. The van der Waals surface area contributed by atoms with E-state index in [1.54, 1.807) is 18.4 Å². The molecule has 5 heteroatoms. The lowest BCUT2D eigenvalue weighted by molar-refractivity contribution is -0.134. The van der Waals surface area contributed by atoms with Gasteiger partial charge in [0.2, 0.25) is 5.91 Å². The molecule has 2 rings (SSSR count). The Kier molecular flexibility index (Phi) is 5.41. The van der Waals surface area contributed by atoms with E-state index in [0.29, 0.717) is 12.5 Å². The van der Waals surface area contributed by atoms with Crippen LogP contribution in [0.2, 0.25) is 0 Å². The SMILES string of the molecule is CCC1NC(c2ccc(C)s2)N(C(COC)C(C)C)C1=O. The molecule has 3 unspecified atom stereocenters. The molecule has 0 spiro atoms. The Balaban J connectivity index is 2.34. The van der Waals surface area contributed by atoms with Crippen LogP contribution in [0.5, 0.6) is 0 Å². The highest BCUT2D eigenvalue weighted by atomic mass is 32.1. The van der Waals surface area contributed by atoms with E-state index in [2.05, 4.69) is 45.1 Å². The fourth-order valence-electron chi connectivity index (χ4n) is 2.88. The fourth-order valence-corrected chi connectivity index (χ4v) is 3.82. The summed E-state index contributed by atoms with van der Waals surface area (Å²) in [4.78, 5) is 17.2. The maximum atomic E-state index is 12.8. The highest BCUT2D eigenvalue weighted by Crippen LogP contribution is 2.34. The molecule has 1 aliphatic rings. The van der Waals surface area contributed by atoms with Gasteiger partial charge in [0.1, 0.15) is 6.17 Å². The van der Waals surface area contributed by atoms with Crippen LogP contribution in [0.3, 0.4) is 0 Å². The number of hydrogen-bond acceptors (Lipinski definition) is 4. The van der Waals surface area contributed by atoms with Crippen LogP contribution in [0.1, 0.15) is 43.1 Å². The van der Waals surface area contributed by atoms with Crippen molar-refractivity contribution in [3.05, 3.63) is 21.9 Å². The lowest BCUT2D eigenvalue weighted by atomic mass is 10.0. The molecule has 1 N–H and O–H groups in total. The number of nitrogens with one attached hydrogen (secondary N) is 1. The van der Waals surface area contributed by atoms with Gasteiger partial charge in [-0.1, -0.05) is 20.8 Å². The van der Waals surface area contributed by atoms with E-state index < -0.39 is 0 Å². The summed E-state index contributed by atoms with van der Waals surface area (Å²) in [5.41, 5.74) is 0. The Bertz CT molecular complexity index is 486. The van der Waals surface area contributed by atoms with Crippen LogP contribution < -0.4 is 5.32 Å². The van der Waals surface area contributed by atoms with Crippen molar-refractivity contribution < 1.29 is 9.53 Å². The lowest BCUT2D eigenvalue weighted by Crippen LogP contribution is -2.45. The van der Waals surface area contributed by atoms with E-state index in [0.717, 1.165) is 6.42 Å². The standard InChI is InChI=1S/C16H26N2O2S/c1-6-12-16(19)18(13(9-20-5)10(2)3)15(17-12)14-8-7-11(4)21-14/h7-8,10,12-13,15,17H,6,9H2,1-5H3. The van der Waals surface area contributed by atoms with E-state index in [1.165, 1.54) is 9.75 Å². The van der Waals surface area contributed by atoms with Gasteiger partial charge in [-0.15, -0.1) is 11.3 Å². The normalized spacial score (nSPS) is 24.1. The first-order chi connectivity index (χ1) is 9.99. The van der Waals surface area contributed by atoms with Crippen molar-refractivity contribution in [2.45, 2.75) is 52.4 Å². The van der Waals surface area contributed by atoms with E-state index in [4.69, 9.17) is 4.74 Å². The molecule has 21 heavy (non-hydrogen) atoms. The van der Waals surface area contributed by atoms with Crippen molar-refractivity contribution in [1.29, 1.82) is 0 Å². The quantitative estimate of drug-likeness (QED) is 0.878. The molecular weight excluding hydrogens is 284 g/mol. The summed E-state index contributed by atoms with van der Waals surface area (Å²) < 4.78 is 5.37. The molecule has 1 fully saturated rings. The van der Waals surface area contributed by atoms with Crippen LogP contribution in [0.4, 0.5) is 0 Å². The summed E-state index contributed by atoms with van der Waals surface area (Å²) >= 11 is 1.75. The third kappa shape index (κ3) is 3.30. The lowest BCUT2D eigenvalue weighted by Gasteiger charge is -2.34. The van der Waals surface area contributed by atoms with Gasteiger partial charge in [0.05, 0.1) is 18.7 Å². The van der Waals surface area contributed by atoms with Gasteiger partial charge in [-0.25, -0.2) is 0 Å².